The third kappa shape index (κ3) is 4.56. The van der Waals surface area contributed by atoms with Gasteiger partial charge in [-0.2, -0.15) is 0 Å². The third-order valence-corrected chi connectivity index (χ3v) is 5.92. The van der Waals surface area contributed by atoms with Gasteiger partial charge in [-0.05, 0) is 54.3 Å². The lowest BCUT2D eigenvalue weighted by Crippen LogP contribution is -2.33. The summed E-state index contributed by atoms with van der Waals surface area (Å²) < 4.78 is 69.2. The number of allylic oxidation sites excluding steroid dienone is 1. The van der Waals surface area contributed by atoms with Gasteiger partial charge < -0.3 is 10.5 Å². The summed E-state index contributed by atoms with van der Waals surface area (Å²) in [6.45, 7) is 0.249. The molecule has 3 rings (SSSR count). The van der Waals surface area contributed by atoms with E-state index in [1.165, 1.54) is 12.1 Å². The average molecular weight is 411 g/mol. The van der Waals surface area contributed by atoms with E-state index in [2.05, 4.69) is 0 Å². The molecule has 2 atom stereocenters. The zero-order chi connectivity index (χ0) is 20.5. The first-order valence-corrected chi connectivity index (χ1v) is 10.5. The second-order valence-electron chi connectivity index (χ2n) is 6.89. The van der Waals surface area contributed by atoms with Gasteiger partial charge in [0.1, 0.15) is 18.2 Å². The molecule has 0 spiro atoms. The number of halogens is 3. The van der Waals surface area contributed by atoms with Crippen molar-refractivity contribution in [3.63, 3.8) is 0 Å². The Labute approximate surface area is 161 Å². The van der Waals surface area contributed by atoms with E-state index in [9.17, 15) is 21.6 Å². The summed E-state index contributed by atoms with van der Waals surface area (Å²) in [6.07, 6.45) is 3.79. The SMILES string of the molecule is CS(=O)(=O)c1ccc(OCC2=CCC(c3cc(F)c(F)cc3F)C(N)C2)cc1. The molecule has 0 fully saturated rings. The number of hydrogen-bond donors (Lipinski definition) is 1. The van der Waals surface area contributed by atoms with Crippen LogP contribution in [0.1, 0.15) is 24.3 Å². The molecule has 150 valence electrons. The smallest absolute Gasteiger partial charge is 0.175 e. The minimum absolute atomic E-state index is 0.0685. The number of benzene rings is 2. The van der Waals surface area contributed by atoms with Crippen LogP contribution in [0.4, 0.5) is 13.2 Å². The highest BCUT2D eigenvalue weighted by Crippen LogP contribution is 2.34. The van der Waals surface area contributed by atoms with E-state index < -0.39 is 39.2 Å². The molecule has 28 heavy (non-hydrogen) atoms. The zero-order valence-corrected chi connectivity index (χ0v) is 16.0. The Bertz CT molecular complexity index is 1000. The Kier molecular flexibility index (Phi) is 5.81. The van der Waals surface area contributed by atoms with E-state index in [0.717, 1.165) is 17.9 Å². The maximum absolute atomic E-state index is 14.0. The first-order valence-electron chi connectivity index (χ1n) is 8.66. The molecule has 4 nitrogen and oxygen atoms in total. The lowest BCUT2D eigenvalue weighted by Gasteiger charge is -2.29. The highest BCUT2D eigenvalue weighted by atomic mass is 32.2. The van der Waals surface area contributed by atoms with Gasteiger partial charge in [0.15, 0.2) is 21.5 Å². The molecule has 0 saturated carbocycles. The van der Waals surface area contributed by atoms with Gasteiger partial charge in [0, 0.05) is 24.3 Å². The molecule has 2 aromatic rings. The molecule has 0 aromatic heterocycles. The van der Waals surface area contributed by atoms with E-state index in [1.54, 1.807) is 12.1 Å². The Morgan fingerprint density at radius 2 is 1.71 bits per heavy atom. The molecule has 0 heterocycles. The van der Waals surface area contributed by atoms with Crippen molar-refractivity contribution in [3.05, 3.63) is 71.1 Å². The molecule has 2 aromatic carbocycles. The Morgan fingerprint density at radius 3 is 2.32 bits per heavy atom. The lowest BCUT2D eigenvalue weighted by atomic mass is 9.81. The van der Waals surface area contributed by atoms with E-state index in [0.29, 0.717) is 24.7 Å². The van der Waals surface area contributed by atoms with Crippen molar-refractivity contribution in [2.75, 3.05) is 12.9 Å². The highest BCUT2D eigenvalue weighted by molar-refractivity contribution is 7.90. The van der Waals surface area contributed by atoms with Gasteiger partial charge in [0.2, 0.25) is 0 Å². The molecule has 0 saturated heterocycles. The van der Waals surface area contributed by atoms with Gasteiger partial charge in [-0.15, -0.1) is 0 Å². The van der Waals surface area contributed by atoms with Crippen molar-refractivity contribution >= 4 is 9.84 Å². The van der Waals surface area contributed by atoms with Crippen LogP contribution >= 0.6 is 0 Å². The van der Waals surface area contributed by atoms with E-state index in [1.807, 2.05) is 6.08 Å². The fourth-order valence-corrected chi connectivity index (χ4v) is 3.88. The molecular formula is C20H20F3NO3S. The monoisotopic (exact) mass is 411 g/mol. The van der Waals surface area contributed by atoms with Crippen LogP contribution in [-0.4, -0.2) is 27.3 Å². The van der Waals surface area contributed by atoms with Crippen LogP contribution in [0.2, 0.25) is 0 Å². The summed E-state index contributed by atoms with van der Waals surface area (Å²) >= 11 is 0. The standard InChI is InChI=1S/C20H20F3NO3S/c1-28(25,26)14-5-3-13(4-6-14)27-11-12-2-7-15(20(24)8-12)16-9-18(22)19(23)10-17(16)21/h2-6,9-10,15,20H,7-8,11,24H2,1H3. The number of nitrogens with two attached hydrogens (primary N) is 1. The van der Waals surface area contributed by atoms with Crippen LogP contribution in [0.3, 0.4) is 0 Å². The predicted molar refractivity (Wildman–Crippen MR) is 99.4 cm³/mol. The average Bonchev–Trinajstić information content (AvgIpc) is 2.63. The van der Waals surface area contributed by atoms with Crippen LogP contribution in [-0.2, 0) is 9.84 Å². The van der Waals surface area contributed by atoms with Gasteiger partial charge in [0.05, 0.1) is 4.90 Å². The van der Waals surface area contributed by atoms with Crippen molar-refractivity contribution < 1.29 is 26.3 Å². The summed E-state index contributed by atoms with van der Waals surface area (Å²) in [7, 11) is -3.27. The first-order chi connectivity index (χ1) is 13.1. The fourth-order valence-electron chi connectivity index (χ4n) is 3.25. The summed E-state index contributed by atoms with van der Waals surface area (Å²) in [4.78, 5) is 0.204. The predicted octanol–water partition coefficient (Wildman–Crippen LogP) is 3.72. The van der Waals surface area contributed by atoms with E-state index >= 15 is 0 Å². The van der Waals surface area contributed by atoms with Crippen molar-refractivity contribution in [1.82, 2.24) is 0 Å². The zero-order valence-electron chi connectivity index (χ0n) is 15.2. The van der Waals surface area contributed by atoms with Gasteiger partial charge in [0.25, 0.3) is 0 Å². The van der Waals surface area contributed by atoms with Crippen LogP contribution in [0, 0.1) is 17.5 Å². The molecule has 1 aliphatic rings. The quantitative estimate of drug-likeness (QED) is 0.602. The molecule has 0 bridgehead atoms. The normalized spacial score (nSPS) is 20.0. The molecular weight excluding hydrogens is 391 g/mol. The summed E-state index contributed by atoms with van der Waals surface area (Å²) in [5, 5.41) is 0. The molecule has 1 aliphatic carbocycles. The van der Waals surface area contributed by atoms with E-state index in [-0.39, 0.29) is 17.1 Å². The Morgan fingerprint density at radius 1 is 1.07 bits per heavy atom. The summed E-state index contributed by atoms with van der Waals surface area (Å²) in [5.74, 6) is -3.07. The van der Waals surface area contributed by atoms with Crippen molar-refractivity contribution in [2.45, 2.75) is 29.7 Å². The molecule has 2 unspecified atom stereocenters. The second kappa shape index (κ2) is 7.97. The van der Waals surface area contributed by atoms with Crippen LogP contribution < -0.4 is 10.5 Å². The fraction of sp³-hybridized carbons (Fsp3) is 0.300. The van der Waals surface area contributed by atoms with Gasteiger partial charge >= 0.3 is 0 Å². The minimum atomic E-state index is -3.27. The molecule has 0 radical (unpaired) electrons. The maximum atomic E-state index is 14.0. The summed E-state index contributed by atoms with van der Waals surface area (Å²) in [6, 6.07) is 7.02. The third-order valence-electron chi connectivity index (χ3n) is 4.79. The number of ether oxygens (including phenoxy) is 1. The number of rotatable bonds is 5. The van der Waals surface area contributed by atoms with Gasteiger partial charge in [-0.3, -0.25) is 0 Å². The highest BCUT2D eigenvalue weighted by Gasteiger charge is 2.28. The van der Waals surface area contributed by atoms with Crippen LogP contribution in [0.5, 0.6) is 5.75 Å². The molecule has 0 aliphatic heterocycles. The number of sulfone groups is 1. The molecule has 8 heteroatoms. The Balaban J connectivity index is 1.66. The van der Waals surface area contributed by atoms with Crippen molar-refractivity contribution in [2.24, 2.45) is 5.73 Å². The summed E-state index contributed by atoms with van der Waals surface area (Å²) in [5.41, 5.74) is 7.12. The van der Waals surface area contributed by atoms with Crippen LogP contribution in [0.25, 0.3) is 0 Å². The van der Waals surface area contributed by atoms with Gasteiger partial charge in [-0.25, -0.2) is 21.6 Å². The Hall–Kier alpha value is -2.32. The van der Waals surface area contributed by atoms with Gasteiger partial charge in [-0.1, -0.05) is 6.08 Å². The van der Waals surface area contributed by atoms with Crippen LogP contribution in [0.15, 0.2) is 52.9 Å². The number of hydrogen-bond acceptors (Lipinski definition) is 4. The largest absolute Gasteiger partial charge is 0.489 e. The topological polar surface area (TPSA) is 69.4 Å². The lowest BCUT2D eigenvalue weighted by molar-refractivity contribution is 0.335. The van der Waals surface area contributed by atoms with Crippen molar-refractivity contribution in [1.29, 1.82) is 0 Å². The maximum Gasteiger partial charge on any atom is 0.175 e. The minimum Gasteiger partial charge on any atom is -0.489 e. The second-order valence-corrected chi connectivity index (χ2v) is 8.91. The van der Waals surface area contributed by atoms with Crippen molar-refractivity contribution in [3.8, 4) is 5.75 Å². The first kappa shape index (κ1) is 20.4. The molecule has 0 amide bonds. The molecule has 2 N–H and O–H groups in total. The van der Waals surface area contributed by atoms with E-state index in [4.69, 9.17) is 10.5 Å².